The smallest absolute Gasteiger partial charge is 0.410 e. The number of carbonyl (C=O) groups excluding carboxylic acids is 1. The van der Waals surface area contributed by atoms with E-state index >= 15 is 0 Å². The summed E-state index contributed by atoms with van der Waals surface area (Å²) in [7, 11) is 0. The maximum absolute atomic E-state index is 12.2. The number of halogens is 1. The van der Waals surface area contributed by atoms with Gasteiger partial charge >= 0.3 is 6.09 Å². The van der Waals surface area contributed by atoms with Crippen LogP contribution in [0.2, 0.25) is 5.15 Å². The number of rotatable bonds is 3. The van der Waals surface area contributed by atoms with Crippen LogP contribution in [0.25, 0.3) is 0 Å². The molecule has 1 aromatic heterocycles. The predicted molar refractivity (Wildman–Crippen MR) is 81.5 cm³/mol. The van der Waals surface area contributed by atoms with Crippen LogP contribution in [-0.4, -0.2) is 45.7 Å². The first kappa shape index (κ1) is 15.8. The van der Waals surface area contributed by atoms with E-state index in [1.807, 2.05) is 20.8 Å². The second-order valence-electron chi connectivity index (χ2n) is 6.08. The fraction of sp³-hybridized carbons (Fsp3) is 0.643. The minimum atomic E-state index is -0.474. The summed E-state index contributed by atoms with van der Waals surface area (Å²) in [6.07, 6.45) is 3.08. The molecule has 0 radical (unpaired) electrons. The van der Waals surface area contributed by atoms with E-state index in [9.17, 15) is 4.79 Å². The summed E-state index contributed by atoms with van der Waals surface area (Å²) in [6.45, 7) is 6.96. The van der Waals surface area contributed by atoms with Crippen LogP contribution in [0.5, 0.6) is 0 Å². The van der Waals surface area contributed by atoms with E-state index in [-0.39, 0.29) is 12.1 Å². The second-order valence-corrected chi connectivity index (χ2v) is 6.46. The largest absolute Gasteiger partial charge is 0.444 e. The number of carbonyl (C=O) groups is 1. The molecule has 0 aliphatic carbocycles. The van der Waals surface area contributed by atoms with E-state index in [4.69, 9.17) is 16.3 Å². The molecule has 6 nitrogen and oxygen atoms in total. The quantitative estimate of drug-likeness (QED) is 0.869. The van der Waals surface area contributed by atoms with E-state index in [0.29, 0.717) is 17.5 Å². The molecule has 0 saturated carbocycles. The molecule has 1 saturated heterocycles. The molecule has 21 heavy (non-hydrogen) atoms. The van der Waals surface area contributed by atoms with Crippen molar-refractivity contribution in [3.8, 4) is 0 Å². The topological polar surface area (TPSA) is 67.3 Å². The van der Waals surface area contributed by atoms with Crippen molar-refractivity contribution in [3.63, 3.8) is 0 Å². The van der Waals surface area contributed by atoms with Gasteiger partial charge in [0.1, 0.15) is 22.9 Å². The van der Waals surface area contributed by atoms with Gasteiger partial charge in [-0.25, -0.2) is 14.8 Å². The Kier molecular flexibility index (Phi) is 4.88. The molecule has 1 aliphatic rings. The molecule has 1 unspecified atom stereocenters. The fourth-order valence-corrected chi connectivity index (χ4v) is 2.41. The third-order valence-electron chi connectivity index (χ3n) is 3.16. The highest BCUT2D eigenvalue weighted by atomic mass is 35.5. The number of aromatic nitrogens is 2. The van der Waals surface area contributed by atoms with Crippen molar-refractivity contribution < 1.29 is 9.53 Å². The molecule has 0 spiro atoms. The first-order chi connectivity index (χ1) is 9.85. The molecule has 116 valence electrons. The second kappa shape index (κ2) is 6.47. The Morgan fingerprint density at radius 2 is 2.29 bits per heavy atom. The number of hydrogen-bond acceptors (Lipinski definition) is 5. The van der Waals surface area contributed by atoms with Crippen molar-refractivity contribution in [1.29, 1.82) is 0 Å². The average Bonchev–Trinajstić information content (AvgIpc) is 2.83. The van der Waals surface area contributed by atoms with Gasteiger partial charge in [-0.15, -0.1) is 0 Å². The number of ether oxygens (including phenoxy) is 1. The summed E-state index contributed by atoms with van der Waals surface area (Å²) in [4.78, 5) is 21.9. The highest BCUT2D eigenvalue weighted by Gasteiger charge is 2.31. The molecule has 1 amide bonds. The number of anilines is 1. The van der Waals surface area contributed by atoms with Crippen LogP contribution in [0.4, 0.5) is 10.6 Å². The number of hydrogen-bond donors (Lipinski definition) is 1. The lowest BCUT2D eigenvalue weighted by Crippen LogP contribution is -2.42. The summed E-state index contributed by atoms with van der Waals surface area (Å²) in [5.74, 6) is 0.658. The standard InChI is InChI=1S/C14H21ClN4O2/c1-14(2,3)21-13(20)19-6-4-5-10(19)8-16-12-7-11(15)17-9-18-12/h7,9-10H,4-6,8H2,1-3H3,(H,16,17,18). The van der Waals surface area contributed by atoms with Crippen LogP contribution in [0.15, 0.2) is 12.4 Å². The van der Waals surface area contributed by atoms with E-state index in [1.54, 1.807) is 11.0 Å². The third kappa shape index (κ3) is 4.74. The lowest BCUT2D eigenvalue weighted by Gasteiger charge is -2.28. The maximum Gasteiger partial charge on any atom is 0.410 e. The van der Waals surface area contributed by atoms with Crippen LogP contribution in [0.1, 0.15) is 33.6 Å². The number of likely N-dealkylation sites (tertiary alicyclic amines) is 1. The highest BCUT2D eigenvalue weighted by molar-refractivity contribution is 6.29. The highest BCUT2D eigenvalue weighted by Crippen LogP contribution is 2.21. The first-order valence-corrected chi connectivity index (χ1v) is 7.44. The monoisotopic (exact) mass is 312 g/mol. The molecule has 2 rings (SSSR count). The molecule has 1 N–H and O–H groups in total. The van der Waals surface area contributed by atoms with Crippen molar-refractivity contribution >= 4 is 23.5 Å². The van der Waals surface area contributed by atoms with Crippen LogP contribution >= 0.6 is 11.6 Å². The Morgan fingerprint density at radius 3 is 2.95 bits per heavy atom. The van der Waals surface area contributed by atoms with Crippen LogP contribution in [0, 0.1) is 0 Å². The molecular weight excluding hydrogens is 292 g/mol. The van der Waals surface area contributed by atoms with E-state index in [1.165, 1.54) is 6.33 Å². The molecule has 1 atom stereocenters. The van der Waals surface area contributed by atoms with Gasteiger partial charge in [-0.1, -0.05) is 11.6 Å². The third-order valence-corrected chi connectivity index (χ3v) is 3.36. The first-order valence-electron chi connectivity index (χ1n) is 7.06. The summed E-state index contributed by atoms with van der Waals surface area (Å²) in [5.41, 5.74) is -0.474. The normalized spacial score (nSPS) is 18.7. The number of amides is 1. The lowest BCUT2D eigenvalue weighted by atomic mass is 10.2. The van der Waals surface area contributed by atoms with Gasteiger partial charge in [0.25, 0.3) is 0 Å². The van der Waals surface area contributed by atoms with Crippen molar-refractivity contribution in [2.45, 2.75) is 45.3 Å². The average molecular weight is 313 g/mol. The van der Waals surface area contributed by atoms with Crippen molar-refractivity contribution in [1.82, 2.24) is 14.9 Å². The summed E-state index contributed by atoms with van der Waals surface area (Å²) in [5, 5.41) is 3.58. The van der Waals surface area contributed by atoms with Gasteiger partial charge in [-0.3, -0.25) is 0 Å². The van der Waals surface area contributed by atoms with Gasteiger partial charge in [0.2, 0.25) is 0 Å². The molecule has 1 aromatic rings. The van der Waals surface area contributed by atoms with Crippen LogP contribution < -0.4 is 5.32 Å². The summed E-state index contributed by atoms with van der Waals surface area (Å²) in [6, 6.07) is 1.77. The molecule has 0 bridgehead atoms. The van der Waals surface area contributed by atoms with E-state index < -0.39 is 5.60 Å². The molecular formula is C14H21ClN4O2. The molecule has 7 heteroatoms. The molecule has 1 fully saturated rings. The molecule has 1 aliphatic heterocycles. The number of nitrogens with zero attached hydrogens (tertiary/aromatic N) is 3. The van der Waals surface area contributed by atoms with Gasteiger partial charge in [0.05, 0.1) is 6.04 Å². The Bertz CT molecular complexity index is 504. The minimum Gasteiger partial charge on any atom is -0.444 e. The Morgan fingerprint density at radius 1 is 1.52 bits per heavy atom. The van der Waals surface area contributed by atoms with Gasteiger partial charge in [-0.05, 0) is 33.6 Å². The minimum absolute atomic E-state index is 0.105. The van der Waals surface area contributed by atoms with E-state index in [0.717, 1.165) is 19.4 Å². The zero-order valence-corrected chi connectivity index (χ0v) is 13.4. The van der Waals surface area contributed by atoms with Crippen molar-refractivity contribution in [2.75, 3.05) is 18.4 Å². The van der Waals surface area contributed by atoms with Gasteiger partial charge in [0.15, 0.2) is 0 Å². The van der Waals surface area contributed by atoms with Gasteiger partial charge in [-0.2, -0.15) is 0 Å². The SMILES string of the molecule is CC(C)(C)OC(=O)N1CCCC1CNc1cc(Cl)ncn1. The summed E-state index contributed by atoms with van der Waals surface area (Å²) < 4.78 is 5.44. The zero-order chi connectivity index (χ0) is 15.5. The van der Waals surface area contributed by atoms with Crippen LogP contribution in [-0.2, 0) is 4.74 Å². The van der Waals surface area contributed by atoms with E-state index in [2.05, 4.69) is 15.3 Å². The van der Waals surface area contributed by atoms with Gasteiger partial charge in [0, 0.05) is 19.2 Å². The fourth-order valence-electron chi connectivity index (χ4n) is 2.26. The predicted octanol–water partition coefficient (Wildman–Crippen LogP) is 2.94. The maximum atomic E-state index is 12.2. The van der Waals surface area contributed by atoms with Crippen LogP contribution in [0.3, 0.4) is 0 Å². The Balaban J connectivity index is 1.91. The summed E-state index contributed by atoms with van der Waals surface area (Å²) >= 11 is 5.82. The van der Waals surface area contributed by atoms with Crippen molar-refractivity contribution in [3.05, 3.63) is 17.5 Å². The Hall–Kier alpha value is -1.56. The Labute approximate surface area is 129 Å². The zero-order valence-electron chi connectivity index (χ0n) is 12.6. The molecule has 2 heterocycles. The van der Waals surface area contributed by atoms with Crippen molar-refractivity contribution in [2.24, 2.45) is 0 Å². The number of nitrogens with one attached hydrogen (secondary N) is 1. The lowest BCUT2D eigenvalue weighted by molar-refractivity contribution is 0.0235. The molecule has 0 aromatic carbocycles. The van der Waals surface area contributed by atoms with Gasteiger partial charge < -0.3 is 15.0 Å².